The fraction of sp³-hybridized carbons (Fsp3) is 0.158. The van der Waals surface area contributed by atoms with E-state index in [1.165, 1.54) is 0 Å². The second-order valence-corrected chi connectivity index (χ2v) is 6.17. The van der Waals surface area contributed by atoms with Crippen molar-refractivity contribution in [2.75, 3.05) is 21.3 Å². The first-order chi connectivity index (χ1) is 12.0. The monoisotopic (exact) mass is 398 g/mol. The van der Waals surface area contributed by atoms with Gasteiger partial charge < -0.3 is 14.2 Å². The average molecular weight is 400 g/mol. The number of benzene rings is 2. The molecular weight excluding hydrogens is 383 g/mol. The Morgan fingerprint density at radius 2 is 1.12 bits per heavy atom. The first-order valence-corrected chi connectivity index (χ1v) is 8.42. The molecule has 0 amide bonds. The molecule has 0 unspecified atom stereocenters. The van der Waals surface area contributed by atoms with Crippen molar-refractivity contribution in [2.24, 2.45) is 0 Å². The summed E-state index contributed by atoms with van der Waals surface area (Å²) in [6.45, 7) is 0. The fourth-order valence-corrected chi connectivity index (χ4v) is 2.82. The van der Waals surface area contributed by atoms with Gasteiger partial charge >= 0.3 is 0 Å². The Labute approximate surface area is 162 Å². The molecule has 0 saturated carbocycles. The molecule has 0 bridgehead atoms. The molecular formula is C19H17Cl3O3. The number of allylic oxidation sites excluding steroid dienone is 2. The minimum atomic E-state index is 0.355. The highest BCUT2D eigenvalue weighted by Crippen LogP contribution is 2.38. The van der Waals surface area contributed by atoms with Gasteiger partial charge in [0.1, 0.15) is 0 Å². The van der Waals surface area contributed by atoms with E-state index in [1.54, 1.807) is 33.5 Å². The summed E-state index contributed by atoms with van der Waals surface area (Å²) in [5.41, 5.74) is 1.76. The van der Waals surface area contributed by atoms with Crippen LogP contribution >= 0.6 is 34.8 Å². The lowest BCUT2D eigenvalue weighted by molar-refractivity contribution is 0.324. The van der Waals surface area contributed by atoms with Crippen LogP contribution in [0.15, 0.2) is 36.4 Å². The first kappa shape index (κ1) is 19.5. The van der Waals surface area contributed by atoms with E-state index in [4.69, 9.17) is 49.0 Å². The molecule has 2 rings (SSSR count). The van der Waals surface area contributed by atoms with E-state index in [0.29, 0.717) is 32.3 Å². The highest BCUT2D eigenvalue weighted by Gasteiger charge is 2.11. The maximum atomic E-state index is 6.02. The van der Waals surface area contributed by atoms with Crippen LogP contribution in [0.25, 0.3) is 12.2 Å². The zero-order valence-electron chi connectivity index (χ0n) is 14.0. The van der Waals surface area contributed by atoms with Crippen molar-refractivity contribution < 1.29 is 14.2 Å². The molecule has 0 fully saturated rings. The normalized spacial score (nSPS) is 11.3. The van der Waals surface area contributed by atoms with Crippen molar-refractivity contribution in [3.8, 4) is 17.2 Å². The van der Waals surface area contributed by atoms with Gasteiger partial charge in [0.15, 0.2) is 11.5 Å². The van der Waals surface area contributed by atoms with E-state index >= 15 is 0 Å². The summed E-state index contributed by atoms with van der Waals surface area (Å²) in [7, 11) is 4.73. The number of rotatable bonds is 6. The summed E-state index contributed by atoms with van der Waals surface area (Å²) in [6.07, 6.45) is 7.55. The van der Waals surface area contributed by atoms with Crippen LogP contribution in [-0.4, -0.2) is 21.3 Å². The molecule has 0 aliphatic carbocycles. The zero-order valence-corrected chi connectivity index (χ0v) is 16.2. The maximum Gasteiger partial charge on any atom is 0.203 e. The number of hydrogen-bond acceptors (Lipinski definition) is 3. The molecule has 0 spiro atoms. The van der Waals surface area contributed by atoms with Gasteiger partial charge in [-0.3, -0.25) is 0 Å². The van der Waals surface area contributed by atoms with E-state index in [0.717, 1.165) is 11.1 Å². The van der Waals surface area contributed by atoms with Crippen molar-refractivity contribution in [3.05, 3.63) is 62.6 Å². The van der Waals surface area contributed by atoms with Gasteiger partial charge in [-0.05, 0) is 35.4 Å². The number of halogens is 3. The highest BCUT2D eigenvalue weighted by atomic mass is 35.5. The van der Waals surface area contributed by atoms with Crippen LogP contribution in [0.1, 0.15) is 11.1 Å². The summed E-state index contributed by atoms with van der Waals surface area (Å²) < 4.78 is 16.0. The predicted octanol–water partition coefficient (Wildman–Crippen LogP) is 6.40. The largest absolute Gasteiger partial charge is 0.493 e. The molecule has 0 aromatic heterocycles. The molecule has 0 N–H and O–H groups in total. The Kier molecular flexibility index (Phi) is 7.06. The molecule has 132 valence electrons. The molecule has 2 aromatic carbocycles. The Balaban J connectivity index is 2.22. The lowest BCUT2D eigenvalue weighted by Crippen LogP contribution is -1.95. The smallest absolute Gasteiger partial charge is 0.203 e. The van der Waals surface area contributed by atoms with Crippen molar-refractivity contribution in [3.63, 3.8) is 0 Å². The predicted molar refractivity (Wildman–Crippen MR) is 106 cm³/mol. The molecule has 3 nitrogen and oxygen atoms in total. The van der Waals surface area contributed by atoms with Gasteiger partial charge in [0, 0.05) is 0 Å². The molecule has 0 aliphatic rings. The van der Waals surface area contributed by atoms with Crippen LogP contribution in [-0.2, 0) is 0 Å². The van der Waals surface area contributed by atoms with E-state index in [2.05, 4.69) is 0 Å². The third-order valence-electron chi connectivity index (χ3n) is 3.38. The second-order valence-electron chi connectivity index (χ2n) is 4.98. The lowest BCUT2D eigenvalue weighted by Gasteiger charge is -2.12. The van der Waals surface area contributed by atoms with E-state index in [9.17, 15) is 0 Å². The van der Waals surface area contributed by atoms with Crippen molar-refractivity contribution in [2.45, 2.75) is 0 Å². The first-order valence-electron chi connectivity index (χ1n) is 7.29. The summed E-state index contributed by atoms with van der Waals surface area (Å²) in [5, 5.41) is 1.19. The average Bonchev–Trinajstić information content (AvgIpc) is 2.62. The van der Waals surface area contributed by atoms with Gasteiger partial charge in [0.25, 0.3) is 0 Å². The summed E-state index contributed by atoms with van der Waals surface area (Å²) in [6, 6.07) is 7.22. The minimum absolute atomic E-state index is 0.355. The summed E-state index contributed by atoms with van der Waals surface area (Å²) in [4.78, 5) is 0. The molecule has 2 aromatic rings. The summed E-state index contributed by atoms with van der Waals surface area (Å²) >= 11 is 18.0. The number of ether oxygens (including phenoxy) is 3. The van der Waals surface area contributed by atoms with Crippen LogP contribution in [0.3, 0.4) is 0 Å². The van der Waals surface area contributed by atoms with Gasteiger partial charge in [0.2, 0.25) is 5.75 Å². The van der Waals surface area contributed by atoms with Gasteiger partial charge in [0.05, 0.1) is 36.4 Å². The lowest BCUT2D eigenvalue weighted by atomic mass is 10.1. The van der Waals surface area contributed by atoms with Crippen LogP contribution < -0.4 is 14.2 Å². The van der Waals surface area contributed by atoms with Gasteiger partial charge in [-0.15, -0.1) is 0 Å². The number of methoxy groups -OCH3 is 3. The molecule has 0 atom stereocenters. The van der Waals surface area contributed by atoms with Gasteiger partial charge in [-0.25, -0.2) is 0 Å². The third kappa shape index (κ3) is 4.85. The van der Waals surface area contributed by atoms with Gasteiger partial charge in [-0.1, -0.05) is 59.1 Å². The van der Waals surface area contributed by atoms with Crippen molar-refractivity contribution >= 4 is 47.0 Å². The zero-order chi connectivity index (χ0) is 18.4. The molecule has 25 heavy (non-hydrogen) atoms. The molecule has 0 heterocycles. The molecule has 0 saturated heterocycles. The number of hydrogen-bond donors (Lipinski definition) is 0. The fourth-order valence-electron chi connectivity index (χ4n) is 2.20. The standard InChI is InChI=1S/C19H17Cl3O3/c1-23-16-10-13(11-17(24-2)19(16)25-3)7-5-4-6-12-8-14(20)18(22)15(21)9-12/h4-11H,1-3H3. The van der Waals surface area contributed by atoms with Gasteiger partial charge in [-0.2, -0.15) is 0 Å². The Hall–Kier alpha value is -1.81. The maximum absolute atomic E-state index is 6.02. The molecule has 0 aliphatic heterocycles. The van der Waals surface area contributed by atoms with E-state index in [-0.39, 0.29) is 0 Å². The van der Waals surface area contributed by atoms with Crippen LogP contribution in [0.2, 0.25) is 15.1 Å². The second kappa shape index (κ2) is 9.04. The SMILES string of the molecule is COc1cc(C=CC=Cc2cc(Cl)c(Cl)c(Cl)c2)cc(OC)c1OC. The van der Waals surface area contributed by atoms with Crippen molar-refractivity contribution in [1.82, 2.24) is 0 Å². The Morgan fingerprint density at radius 1 is 0.680 bits per heavy atom. The Bertz CT molecular complexity index is 766. The molecule has 6 heteroatoms. The Morgan fingerprint density at radius 3 is 1.52 bits per heavy atom. The topological polar surface area (TPSA) is 27.7 Å². The van der Waals surface area contributed by atoms with Crippen LogP contribution in [0.5, 0.6) is 17.2 Å². The van der Waals surface area contributed by atoms with Crippen LogP contribution in [0.4, 0.5) is 0 Å². The third-order valence-corrected chi connectivity index (χ3v) is 4.58. The minimum Gasteiger partial charge on any atom is -0.493 e. The molecule has 0 radical (unpaired) electrons. The van der Waals surface area contributed by atoms with Crippen LogP contribution in [0, 0.1) is 0 Å². The quantitative estimate of drug-likeness (QED) is 0.415. The van der Waals surface area contributed by atoms with E-state index < -0.39 is 0 Å². The highest BCUT2D eigenvalue weighted by molar-refractivity contribution is 6.48. The summed E-state index contributed by atoms with van der Waals surface area (Å²) in [5.74, 6) is 1.76. The van der Waals surface area contributed by atoms with Crippen molar-refractivity contribution in [1.29, 1.82) is 0 Å². The van der Waals surface area contributed by atoms with E-state index in [1.807, 2.05) is 36.4 Å².